The lowest BCUT2D eigenvalue weighted by molar-refractivity contribution is 0.0785. The molecule has 8 nitrogen and oxygen atoms in total. The van der Waals surface area contributed by atoms with E-state index in [0.29, 0.717) is 24.7 Å². The number of rotatable bonds is 4. The number of aromatic nitrogens is 4. The fraction of sp³-hybridized carbons (Fsp3) is 0.208. The third kappa shape index (κ3) is 3.94. The molecule has 4 aromatic rings. The highest BCUT2D eigenvalue weighted by atomic mass is 16.2. The number of carbonyl (C=O) groups excluding carboxylic acids is 1. The lowest BCUT2D eigenvalue weighted by Crippen LogP contribution is -2.33. The number of fused-ring (bicyclic) bond motifs is 1. The number of carbonyl (C=O) groups is 1. The van der Waals surface area contributed by atoms with Gasteiger partial charge in [-0.2, -0.15) is 0 Å². The zero-order chi connectivity index (χ0) is 22.1. The van der Waals surface area contributed by atoms with E-state index in [1.807, 2.05) is 54.6 Å². The van der Waals surface area contributed by atoms with Crippen molar-refractivity contribution in [2.45, 2.75) is 19.4 Å². The van der Waals surface area contributed by atoms with Crippen LogP contribution in [0.15, 0.2) is 65.5 Å². The Labute approximate surface area is 184 Å². The van der Waals surface area contributed by atoms with Gasteiger partial charge in [-0.05, 0) is 25.5 Å². The molecule has 0 spiro atoms. The van der Waals surface area contributed by atoms with E-state index >= 15 is 0 Å². The second-order valence-electron chi connectivity index (χ2n) is 7.88. The van der Waals surface area contributed by atoms with Crippen molar-refractivity contribution in [1.29, 1.82) is 0 Å². The van der Waals surface area contributed by atoms with Crippen LogP contribution in [-0.4, -0.2) is 49.9 Å². The smallest absolute Gasteiger partial charge is 0.272 e. The Morgan fingerprint density at radius 2 is 1.84 bits per heavy atom. The largest absolute Gasteiger partial charge is 0.365 e. The minimum Gasteiger partial charge on any atom is -0.365 e. The molecule has 0 radical (unpaired) electrons. The maximum Gasteiger partial charge on any atom is 0.272 e. The Hall–Kier alpha value is -4.07. The molecule has 0 aliphatic carbocycles. The molecule has 0 saturated carbocycles. The molecule has 5 rings (SSSR count). The first-order valence-electron chi connectivity index (χ1n) is 10.5. The number of para-hydroxylation sites is 1. The number of anilines is 1. The first-order valence-corrected chi connectivity index (χ1v) is 10.5. The van der Waals surface area contributed by atoms with Crippen LogP contribution in [-0.2, 0) is 0 Å². The second-order valence-corrected chi connectivity index (χ2v) is 7.88. The zero-order valence-electron chi connectivity index (χ0n) is 17.6. The third-order valence-electron chi connectivity index (χ3n) is 5.53. The molecule has 160 valence electrons. The van der Waals surface area contributed by atoms with Gasteiger partial charge in [-0.3, -0.25) is 9.59 Å². The summed E-state index contributed by atoms with van der Waals surface area (Å²) in [6.45, 7) is 2.75. The number of aryl methyl sites for hydroxylation is 1. The van der Waals surface area contributed by atoms with Gasteiger partial charge in [0, 0.05) is 36.1 Å². The van der Waals surface area contributed by atoms with Gasteiger partial charge in [0.1, 0.15) is 17.3 Å². The lowest BCUT2D eigenvalue weighted by Gasteiger charge is -2.18. The number of amides is 1. The van der Waals surface area contributed by atoms with Gasteiger partial charge in [-0.15, -0.1) is 0 Å². The maximum atomic E-state index is 12.9. The number of hydrogen-bond acceptors (Lipinski definition) is 6. The van der Waals surface area contributed by atoms with E-state index in [9.17, 15) is 9.59 Å². The van der Waals surface area contributed by atoms with Crippen molar-refractivity contribution in [1.82, 2.24) is 24.8 Å². The Morgan fingerprint density at radius 3 is 2.66 bits per heavy atom. The van der Waals surface area contributed by atoms with Gasteiger partial charge in [-0.1, -0.05) is 42.5 Å². The van der Waals surface area contributed by atoms with Crippen molar-refractivity contribution in [3.05, 3.63) is 82.5 Å². The fourth-order valence-corrected chi connectivity index (χ4v) is 4.01. The van der Waals surface area contributed by atoms with Crippen LogP contribution in [0.2, 0.25) is 0 Å². The van der Waals surface area contributed by atoms with Crippen LogP contribution in [0, 0.1) is 6.92 Å². The number of likely N-dealkylation sites (tertiary alicyclic amines) is 1. The van der Waals surface area contributed by atoms with Crippen molar-refractivity contribution in [2.24, 2.45) is 0 Å². The summed E-state index contributed by atoms with van der Waals surface area (Å²) in [5.74, 6) is 1.59. The predicted octanol–water partition coefficient (Wildman–Crippen LogP) is 3.02. The quantitative estimate of drug-likeness (QED) is 0.520. The van der Waals surface area contributed by atoms with E-state index in [1.54, 1.807) is 11.8 Å². The first kappa shape index (κ1) is 19.9. The van der Waals surface area contributed by atoms with E-state index in [2.05, 4.69) is 15.3 Å². The van der Waals surface area contributed by atoms with E-state index in [-0.39, 0.29) is 23.2 Å². The molecule has 1 saturated heterocycles. The van der Waals surface area contributed by atoms with Crippen molar-refractivity contribution in [3.8, 4) is 11.4 Å². The highest BCUT2D eigenvalue weighted by molar-refractivity contribution is 5.93. The summed E-state index contributed by atoms with van der Waals surface area (Å²) >= 11 is 0. The van der Waals surface area contributed by atoms with Gasteiger partial charge in [0.2, 0.25) is 0 Å². The van der Waals surface area contributed by atoms with Crippen LogP contribution in [0.5, 0.6) is 0 Å². The van der Waals surface area contributed by atoms with Crippen molar-refractivity contribution >= 4 is 22.6 Å². The Balaban J connectivity index is 1.40. The average molecular weight is 426 g/mol. The van der Waals surface area contributed by atoms with Gasteiger partial charge in [0.25, 0.3) is 11.5 Å². The summed E-state index contributed by atoms with van der Waals surface area (Å²) in [4.78, 5) is 42.6. The second kappa shape index (κ2) is 8.22. The molecule has 0 unspecified atom stereocenters. The van der Waals surface area contributed by atoms with Gasteiger partial charge in [-0.25, -0.2) is 15.0 Å². The highest BCUT2D eigenvalue weighted by Crippen LogP contribution is 2.26. The summed E-state index contributed by atoms with van der Waals surface area (Å²) in [7, 11) is 0. The molecule has 0 bridgehead atoms. The molecule has 2 aromatic heterocycles. The SMILES string of the molecule is Cc1nc(C(=O)N2CC[C@H](Nc3nc(-c4ccccc4)nc4ccccc34)C2)cc(=O)[nH]1. The zero-order valence-corrected chi connectivity index (χ0v) is 17.6. The Kier molecular flexibility index (Phi) is 5.10. The van der Waals surface area contributed by atoms with Crippen LogP contribution >= 0.6 is 0 Å². The first-order chi connectivity index (χ1) is 15.6. The molecule has 2 N–H and O–H groups in total. The molecule has 1 aliphatic rings. The molecule has 1 fully saturated rings. The number of hydrogen-bond donors (Lipinski definition) is 2. The summed E-state index contributed by atoms with van der Waals surface area (Å²) in [5.41, 5.74) is 1.65. The van der Waals surface area contributed by atoms with Gasteiger partial charge < -0.3 is 15.2 Å². The fourth-order valence-electron chi connectivity index (χ4n) is 4.01. The van der Waals surface area contributed by atoms with Crippen LogP contribution in [0.4, 0.5) is 5.82 Å². The highest BCUT2D eigenvalue weighted by Gasteiger charge is 2.28. The van der Waals surface area contributed by atoms with E-state index in [1.165, 1.54) is 6.07 Å². The van der Waals surface area contributed by atoms with Gasteiger partial charge in [0.05, 0.1) is 5.52 Å². The summed E-state index contributed by atoms with van der Waals surface area (Å²) in [5, 5.41) is 4.45. The number of aromatic amines is 1. The molecule has 2 aromatic carbocycles. The molecule has 3 heterocycles. The van der Waals surface area contributed by atoms with Crippen LogP contribution in [0.3, 0.4) is 0 Å². The Bertz CT molecular complexity index is 1350. The average Bonchev–Trinajstić information content (AvgIpc) is 3.27. The van der Waals surface area contributed by atoms with Gasteiger partial charge in [0.15, 0.2) is 5.82 Å². The summed E-state index contributed by atoms with van der Waals surface area (Å²) in [6.07, 6.45) is 0.771. The molecule has 8 heteroatoms. The molecule has 1 atom stereocenters. The number of H-pyrrole nitrogens is 1. The lowest BCUT2D eigenvalue weighted by atomic mass is 10.1. The standard InChI is InChI=1S/C24H22N6O2/c1-15-25-20(13-21(31)26-15)24(32)30-12-11-17(14-30)27-23-18-9-5-6-10-19(18)28-22(29-23)16-7-3-2-4-8-16/h2-10,13,17H,11-12,14H2,1H3,(H,25,26,31)(H,27,28,29)/t17-/m0/s1. The monoisotopic (exact) mass is 426 g/mol. The van der Waals surface area contributed by atoms with Crippen LogP contribution in [0.1, 0.15) is 22.7 Å². The topological polar surface area (TPSA) is 104 Å². The number of nitrogens with zero attached hydrogens (tertiary/aromatic N) is 4. The molecular weight excluding hydrogens is 404 g/mol. The third-order valence-corrected chi connectivity index (χ3v) is 5.53. The van der Waals surface area contributed by atoms with Crippen molar-refractivity contribution in [3.63, 3.8) is 0 Å². The molecular formula is C24H22N6O2. The maximum absolute atomic E-state index is 12.9. The minimum absolute atomic E-state index is 0.0315. The van der Waals surface area contributed by atoms with E-state index < -0.39 is 0 Å². The number of nitrogens with one attached hydrogen (secondary N) is 2. The minimum atomic E-state index is -0.324. The van der Waals surface area contributed by atoms with E-state index in [0.717, 1.165) is 28.7 Å². The molecule has 32 heavy (non-hydrogen) atoms. The van der Waals surface area contributed by atoms with Gasteiger partial charge >= 0.3 is 0 Å². The predicted molar refractivity (Wildman–Crippen MR) is 122 cm³/mol. The normalized spacial score (nSPS) is 15.8. The Morgan fingerprint density at radius 1 is 1.06 bits per heavy atom. The number of benzene rings is 2. The van der Waals surface area contributed by atoms with Crippen molar-refractivity contribution < 1.29 is 4.79 Å². The summed E-state index contributed by atoms with van der Waals surface area (Å²) < 4.78 is 0. The van der Waals surface area contributed by atoms with Crippen molar-refractivity contribution in [2.75, 3.05) is 18.4 Å². The van der Waals surface area contributed by atoms with Crippen LogP contribution < -0.4 is 10.9 Å². The van der Waals surface area contributed by atoms with Crippen LogP contribution in [0.25, 0.3) is 22.3 Å². The summed E-state index contributed by atoms with van der Waals surface area (Å²) in [6, 6.07) is 19.0. The van der Waals surface area contributed by atoms with E-state index in [4.69, 9.17) is 9.97 Å². The molecule has 1 amide bonds. The molecule has 1 aliphatic heterocycles.